The Kier molecular flexibility index (Phi) is 13.0. The number of terminal acetylenes is 1. The van der Waals surface area contributed by atoms with E-state index in [-0.39, 0.29) is 6.54 Å². The van der Waals surface area contributed by atoms with E-state index in [1.54, 1.807) is 57.2 Å². The predicted octanol–water partition coefficient (Wildman–Crippen LogP) is 7.02. The topological polar surface area (TPSA) is 87.7 Å². The fourth-order valence-corrected chi connectivity index (χ4v) is 4.51. The van der Waals surface area contributed by atoms with E-state index < -0.39 is 29.6 Å². The number of aryl methyl sites for hydroxylation is 1. The van der Waals surface area contributed by atoms with Gasteiger partial charge in [0.2, 0.25) is 5.91 Å². The summed E-state index contributed by atoms with van der Waals surface area (Å²) in [7, 11) is 0. The molecule has 2 aromatic carbocycles. The van der Waals surface area contributed by atoms with Gasteiger partial charge < -0.3 is 20.3 Å². The molecule has 0 aliphatic heterocycles. The van der Waals surface area contributed by atoms with Gasteiger partial charge in [-0.25, -0.2) is 4.79 Å². The number of para-hydroxylation sites is 1. The molecule has 2 N–H and O–H groups in total. The number of unbranched alkanes of at least 4 members (excludes halogenated alkanes) is 5. The maximum atomic E-state index is 13.9. The summed E-state index contributed by atoms with van der Waals surface area (Å²) in [5.41, 5.74) is 1.82. The van der Waals surface area contributed by atoms with Crippen molar-refractivity contribution in [2.24, 2.45) is 0 Å². The third kappa shape index (κ3) is 10.6. The molecule has 0 saturated carbocycles. The Balaban J connectivity index is 2.40. The van der Waals surface area contributed by atoms with E-state index in [0.717, 1.165) is 37.7 Å². The summed E-state index contributed by atoms with van der Waals surface area (Å²) in [5.74, 6) is 1.76. The molecule has 2 rings (SSSR count). The second-order valence-electron chi connectivity index (χ2n) is 10.8. The van der Waals surface area contributed by atoms with Crippen molar-refractivity contribution in [3.63, 3.8) is 0 Å². The van der Waals surface area contributed by atoms with Gasteiger partial charge in [0, 0.05) is 12.1 Å². The number of amides is 3. The lowest BCUT2D eigenvalue weighted by molar-refractivity contribution is -0.138. The van der Waals surface area contributed by atoms with Crippen molar-refractivity contribution in [1.82, 2.24) is 10.2 Å². The number of ether oxygens (including phenoxy) is 1. The van der Waals surface area contributed by atoms with Gasteiger partial charge in [-0.05, 0) is 63.4 Å². The van der Waals surface area contributed by atoms with E-state index in [2.05, 4.69) is 23.5 Å². The molecule has 1 atom stereocenters. The maximum Gasteiger partial charge on any atom is 0.408 e. The van der Waals surface area contributed by atoms with Gasteiger partial charge in [-0.3, -0.25) is 9.59 Å². The first-order valence-corrected chi connectivity index (χ1v) is 14.2. The van der Waals surface area contributed by atoms with Crippen LogP contribution in [0.1, 0.15) is 89.0 Å². The van der Waals surface area contributed by atoms with Crippen LogP contribution in [0.25, 0.3) is 0 Å². The smallest absolute Gasteiger partial charge is 0.408 e. The van der Waals surface area contributed by atoms with Gasteiger partial charge in [-0.15, -0.1) is 6.42 Å². The van der Waals surface area contributed by atoms with E-state index in [4.69, 9.17) is 22.8 Å². The van der Waals surface area contributed by atoms with Gasteiger partial charge in [-0.1, -0.05) is 80.8 Å². The zero-order valence-corrected chi connectivity index (χ0v) is 25.1. The molecule has 0 aliphatic rings. The van der Waals surface area contributed by atoms with Crippen LogP contribution < -0.4 is 10.6 Å². The molecule has 3 amide bonds. The molecule has 0 fully saturated rings. The summed E-state index contributed by atoms with van der Waals surface area (Å²) in [5, 5.41) is 5.87. The highest BCUT2D eigenvalue weighted by atomic mass is 35.5. The average Bonchev–Trinajstić information content (AvgIpc) is 2.90. The summed E-state index contributed by atoms with van der Waals surface area (Å²) in [6, 6.07) is 11.4. The number of carbonyl (C=O) groups excluding carboxylic acids is 3. The zero-order valence-electron chi connectivity index (χ0n) is 24.3. The molecule has 0 spiro atoms. The number of alkyl carbamates (subject to hydrolysis) is 1. The Labute approximate surface area is 244 Å². The van der Waals surface area contributed by atoms with Gasteiger partial charge >= 0.3 is 6.09 Å². The van der Waals surface area contributed by atoms with Crippen molar-refractivity contribution in [2.45, 2.75) is 84.8 Å². The molecule has 0 radical (unpaired) electrons. The third-order valence-electron chi connectivity index (χ3n) is 6.28. The van der Waals surface area contributed by atoms with Crippen molar-refractivity contribution in [2.75, 3.05) is 18.4 Å². The molecule has 216 valence electrons. The molecule has 1 unspecified atom stereocenters. The van der Waals surface area contributed by atoms with Crippen LogP contribution in [0, 0.1) is 19.3 Å². The summed E-state index contributed by atoms with van der Waals surface area (Å²) in [4.78, 5) is 41.3. The maximum absolute atomic E-state index is 13.9. The third-order valence-corrected chi connectivity index (χ3v) is 6.59. The van der Waals surface area contributed by atoms with Crippen LogP contribution in [0.2, 0.25) is 5.02 Å². The van der Waals surface area contributed by atoms with Crippen molar-refractivity contribution >= 4 is 35.2 Å². The van der Waals surface area contributed by atoms with E-state index in [0.29, 0.717) is 34.8 Å². The lowest BCUT2D eigenvalue weighted by Gasteiger charge is -2.32. The van der Waals surface area contributed by atoms with Gasteiger partial charge in [-0.2, -0.15) is 0 Å². The summed E-state index contributed by atoms with van der Waals surface area (Å²) in [6.07, 6.45) is 10.9. The van der Waals surface area contributed by atoms with Crippen LogP contribution in [-0.4, -0.2) is 41.5 Å². The Morgan fingerprint density at radius 1 is 1.02 bits per heavy atom. The lowest BCUT2D eigenvalue weighted by atomic mass is 10.0. The molecule has 0 aromatic heterocycles. The minimum atomic E-state index is -0.980. The number of carbonyl (C=O) groups is 3. The molecule has 0 bridgehead atoms. The van der Waals surface area contributed by atoms with Crippen molar-refractivity contribution in [3.05, 3.63) is 64.2 Å². The molecule has 0 saturated heterocycles. The Morgan fingerprint density at radius 3 is 2.27 bits per heavy atom. The monoisotopic (exact) mass is 567 g/mol. The molecular weight excluding hydrogens is 526 g/mol. The standard InChI is InChI=1S/C32H42ClN3O4/c1-7-9-10-11-12-13-21-36(27(37)22-34-31(39)40-32(4,5)6)29(25-19-17-24(8-2)18-20-25)30(38)35-28-23(3)15-14-16-26(28)33/h2,14-20,29H,7,9-13,21-22H2,1,3-6H3,(H,34,39)(H,35,38). The molecule has 0 aliphatic carbocycles. The van der Waals surface area contributed by atoms with E-state index >= 15 is 0 Å². The van der Waals surface area contributed by atoms with Crippen LogP contribution >= 0.6 is 11.6 Å². The highest BCUT2D eigenvalue weighted by Gasteiger charge is 2.32. The van der Waals surface area contributed by atoms with E-state index in [1.165, 1.54) is 4.90 Å². The first kappa shape index (κ1) is 32.7. The Hall–Kier alpha value is -3.50. The molecule has 2 aromatic rings. The number of hydrogen-bond acceptors (Lipinski definition) is 4. The number of benzene rings is 2. The fraction of sp³-hybridized carbons (Fsp3) is 0.469. The zero-order chi connectivity index (χ0) is 29.7. The van der Waals surface area contributed by atoms with Crippen LogP contribution in [-0.2, 0) is 14.3 Å². The molecule has 40 heavy (non-hydrogen) atoms. The molecule has 7 nitrogen and oxygen atoms in total. The van der Waals surface area contributed by atoms with E-state index in [9.17, 15) is 14.4 Å². The van der Waals surface area contributed by atoms with Gasteiger partial charge in [0.1, 0.15) is 18.2 Å². The minimum Gasteiger partial charge on any atom is -0.444 e. The first-order valence-electron chi connectivity index (χ1n) is 13.9. The fourth-order valence-electron chi connectivity index (χ4n) is 4.24. The number of nitrogens with one attached hydrogen (secondary N) is 2. The van der Waals surface area contributed by atoms with Gasteiger partial charge in [0.05, 0.1) is 10.7 Å². The average molecular weight is 568 g/mol. The van der Waals surface area contributed by atoms with Gasteiger partial charge in [0.25, 0.3) is 5.91 Å². The summed E-state index contributed by atoms with van der Waals surface area (Å²) >= 11 is 6.41. The van der Waals surface area contributed by atoms with Crippen LogP contribution in [0.5, 0.6) is 0 Å². The van der Waals surface area contributed by atoms with Crippen molar-refractivity contribution in [3.8, 4) is 12.3 Å². The Bertz CT molecular complexity index is 1160. The van der Waals surface area contributed by atoms with Crippen LogP contribution in [0.15, 0.2) is 42.5 Å². The Morgan fingerprint density at radius 2 is 1.68 bits per heavy atom. The molecule has 0 heterocycles. The highest BCUT2D eigenvalue weighted by Crippen LogP contribution is 2.29. The van der Waals surface area contributed by atoms with Crippen molar-refractivity contribution in [1.29, 1.82) is 0 Å². The first-order chi connectivity index (χ1) is 19.0. The number of hydrogen-bond donors (Lipinski definition) is 2. The highest BCUT2D eigenvalue weighted by molar-refractivity contribution is 6.34. The number of anilines is 1. The van der Waals surface area contributed by atoms with Gasteiger partial charge in [0.15, 0.2) is 0 Å². The SMILES string of the molecule is C#Cc1ccc(C(C(=O)Nc2c(C)cccc2Cl)N(CCCCCCCC)C(=O)CNC(=O)OC(C)(C)C)cc1. The number of halogens is 1. The summed E-state index contributed by atoms with van der Waals surface area (Å²) in [6.45, 7) is 9.26. The predicted molar refractivity (Wildman–Crippen MR) is 161 cm³/mol. The molecular formula is C32H42ClN3O4. The number of nitrogens with zero attached hydrogens (tertiary/aromatic N) is 1. The summed E-state index contributed by atoms with van der Waals surface area (Å²) < 4.78 is 5.29. The molecule has 8 heteroatoms. The quantitative estimate of drug-likeness (QED) is 0.201. The normalized spacial score (nSPS) is 11.7. The second-order valence-corrected chi connectivity index (χ2v) is 11.2. The van der Waals surface area contributed by atoms with Crippen LogP contribution in [0.4, 0.5) is 10.5 Å². The second kappa shape index (κ2) is 15.9. The van der Waals surface area contributed by atoms with E-state index in [1.807, 2.05) is 13.0 Å². The minimum absolute atomic E-state index is 0.317. The number of rotatable bonds is 13. The largest absolute Gasteiger partial charge is 0.444 e. The lowest BCUT2D eigenvalue weighted by Crippen LogP contribution is -2.47. The van der Waals surface area contributed by atoms with Crippen LogP contribution in [0.3, 0.4) is 0 Å². The van der Waals surface area contributed by atoms with Crippen molar-refractivity contribution < 1.29 is 19.1 Å².